The molecule has 1 unspecified atom stereocenters. The molecule has 0 aliphatic carbocycles. The Kier molecular flexibility index (Phi) is 5.86. The lowest BCUT2D eigenvalue weighted by Gasteiger charge is -2.19. The maximum atomic E-state index is 13.0. The van der Waals surface area contributed by atoms with Crippen molar-refractivity contribution in [2.24, 2.45) is 0 Å². The van der Waals surface area contributed by atoms with E-state index in [1.54, 1.807) is 11.7 Å². The number of aryl methyl sites for hydroxylation is 1. The lowest BCUT2D eigenvalue weighted by molar-refractivity contribution is 0.186. The van der Waals surface area contributed by atoms with Crippen molar-refractivity contribution in [3.63, 3.8) is 0 Å². The van der Waals surface area contributed by atoms with Gasteiger partial charge in [-0.3, -0.25) is 4.79 Å². The molecule has 0 amide bonds. The zero-order valence-electron chi connectivity index (χ0n) is 17.1. The molecule has 5 heteroatoms. The lowest BCUT2D eigenvalue weighted by atomic mass is 10.1. The molecule has 29 heavy (non-hydrogen) atoms. The van der Waals surface area contributed by atoms with Crippen molar-refractivity contribution in [3.8, 4) is 11.5 Å². The molecule has 1 aliphatic rings. The van der Waals surface area contributed by atoms with Crippen molar-refractivity contribution < 1.29 is 9.47 Å². The Labute approximate surface area is 171 Å². The second-order valence-electron chi connectivity index (χ2n) is 7.72. The molecule has 1 fully saturated rings. The van der Waals surface area contributed by atoms with Crippen LogP contribution in [0.4, 0.5) is 0 Å². The summed E-state index contributed by atoms with van der Waals surface area (Å²) in [6.07, 6.45) is 5.31. The minimum Gasteiger partial charge on any atom is -0.497 e. The number of benzene rings is 2. The number of rotatable bonds is 5. The van der Waals surface area contributed by atoms with Gasteiger partial charge in [0.05, 0.1) is 19.8 Å². The third kappa shape index (κ3) is 4.46. The molecule has 1 N–H and O–H groups in total. The van der Waals surface area contributed by atoms with E-state index in [1.807, 2.05) is 55.6 Å². The molecular formula is C24H28N2O3. The Morgan fingerprint density at radius 1 is 1.10 bits per heavy atom. The first-order chi connectivity index (χ1) is 14.1. The SMILES string of the molecule is COc1ccc(Cn2ccc3cc(OC4CCCNCC4)c(C)cc3c2=O)cc1. The minimum absolute atomic E-state index is 0.0200. The number of nitrogens with zero attached hydrogens (tertiary/aromatic N) is 1. The molecule has 5 nitrogen and oxygen atoms in total. The van der Waals surface area contributed by atoms with Crippen LogP contribution >= 0.6 is 0 Å². The summed E-state index contributed by atoms with van der Waals surface area (Å²) in [5.74, 6) is 1.70. The predicted molar refractivity (Wildman–Crippen MR) is 116 cm³/mol. The molecule has 1 atom stereocenters. The highest BCUT2D eigenvalue weighted by atomic mass is 16.5. The number of hydrogen-bond acceptors (Lipinski definition) is 4. The summed E-state index contributed by atoms with van der Waals surface area (Å²) in [6, 6.07) is 13.8. The highest BCUT2D eigenvalue weighted by Crippen LogP contribution is 2.26. The van der Waals surface area contributed by atoms with Crippen LogP contribution in [0, 0.1) is 6.92 Å². The van der Waals surface area contributed by atoms with Crippen molar-refractivity contribution in [3.05, 3.63) is 70.1 Å². The van der Waals surface area contributed by atoms with Gasteiger partial charge >= 0.3 is 0 Å². The summed E-state index contributed by atoms with van der Waals surface area (Å²) in [7, 11) is 1.65. The van der Waals surface area contributed by atoms with Crippen LogP contribution < -0.4 is 20.3 Å². The second kappa shape index (κ2) is 8.70. The second-order valence-corrected chi connectivity index (χ2v) is 7.72. The quantitative estimate of drug-likeness (QED) is 0.716. The smallest absolute Gasteiger partial charge is 0.258 e. The highest BCUT2D eigenvalue weighted by molar-refractivity contribution is 5.84. The normalized spacial score (nSPS) is 17.1. The first kappa shape index (κ1) is 19.5. The van der Waals surface area contributed by atoms with Gasteiger partial charge in [-0.2, -0.15) is 0 Å². The Bertz CT molecular complexity index is 1030. The van der Waals surface area contributed by atoms with E-state index in [0.717, 1.165) is 65.8 Å². The molecule has 0 spiro atoms. The first-order valence-electron chi connectivity index (χ1n) is 10.3. The highest BCUT2D eigenvalue weighted by Gasteiger charge is 2.15. The molecule has 2 heterocycles. The van der Waals surface area contributed by atoms with E-state index in [-0.39, 0.29) is 11.7 Å². The summed E-state index contributed by atoms with van der Waals surface area (Å²) >= 11 is 0. The van der Waals surface area contributed by atoms with Crippen LogP contribution in [0.15, 0.2) is 53.5 Å². The molecule has 1 saturated heterocycles. The molecule has 4 rings (SSSR count). The summed E-state index contributed by atoms with van der Waals surface area (Å²) in [6.45, 7) is 4.60. The van der Waals surface area contributed by atoms with Gasteiger partial charge in [0.2, 0.25) is 0 Å². The topological polar surface area (TPSA) is 52.5 Å². The van der Waals surface area contributed by atoms with E-state index in [1.165, 1.54) is 0 Å². The lowest BCUT2D eigenvalue weighted by Crippen LogP contribution is -2.21. The van der Waals surface area contributed by atoms with Crippen LogP contribution in [-0.2, 0) is 6.54 Å². The fraction of sp³-hybridized carbons (Fsp3) is 0.375. The average Bonchev–Trinajstić information content (AvgIpc) is 3.01. The van der Waals surface area contributed by atoms with Gasteiger partial charge in [-0.1, -0.05) is 12.1 Å². The predicted octanol–water partition coefficient (Wildman–Crippen LogP) is 3.89. The van der Waals surface area contributed by atoms with Gasteiger partial charge in [-0.25, -0.2) is 0 Å². The van der Waals surface area contributed by atoms with E-state index in [4.69, 9.17) is 9.47 Å². The van der Waals surface area contributed by atoms with Crippen molar-refractivity contribution in [1.82, 2.24) is 9.88 Å². The zero-order chi connectivity index (χ0) is 20.2. The molecule has 152 valence electrons. The number of ether oxygens (including phenoxy) is 2. The van der Waals surface area contributed by atoms with Gasteiger partial charge < -0.3 is 19.4 Å². The van der Waals surface area contributed by atoms with Gasteiger partial charge in [0.1, 0.15) is 11.5 Å². The van der Waals surface area contributed by atoms with Crippen LogP contribution in [-0.4, -0.2) is 30.9 Å². The van der Waals surface area contributed by atoms with E-state index < -0.39 is 0 Å². The largest absolute Gasteiger partial charge is 0.497 e. The van der Waals surface area contributed by atoms with Crippen LogP contribution in [0.3, 0.4) is 0 Å². The average molecular weight is 392 g/mol. The van der Waals surface area contributed by atoms with E-state index in [9.17, 15) is 4.79 Å². The third-order valence-corrected chi connectivity index (χ3v) is 5.60. The molecule has 3 aromatic rings. The van der Waals surface area contributed by atoms with Gasteiger partial charge in [-0.15, -0.1) is 0 Å². The number of aromatic nitrogens is 1. The monoisotopic (exact) mass is 392 g/mol. The van der Waals surface area contributed by atoms with Crippen molar-refractivity contribution in [2.45, 2.75) is 38.8 Å². The van der Waals surface area contributed by atoms with Gasteiger partial charge in [0.15, 0.2) is 0 Å². The number of nitrogens with one attached hydrogen (secondary N) is 1. The standard InChI is InChI=1S/C24H28N2O3/c1-17-14-22-19(15-23(17)29-21-4-3-11-25-12-9-21)10-13-26(24(22)27)16-18-5-7-20(28-2)8-6-18/h5-8,10,13-15,21,25H,3-4,9,11-12,16H2,1-2H3. The van der Waals surface area contributed by atoms with E-state index in [0.29, 0.717) is 6.54 Å². The minimum atomic E-state index is 0.0200. The van der Waals surface area contributed by atoms with Crippen LogP contribution in [0.1, 0.15) is 30.4 Å². The molecule has 0 bridgehead atoms. The molecular weight excluding hydrogens is 364 g/mol. The van der Waals surface area contributed by atoms with Crippen molar-refractivity contribution in [2.75, 3.05) is 20.2 Å². The number of pyridine rings is 1. The molecule has 0 radical (unpaired) electrons. The van der Waals surface area contributed by atoms with Gasteiger partial charge in [0.25, 0.3) is 5.56 Å². The summed E-state index contributed by atoms with van der Waals surface area (Å²) < 4.78 is 13.3. The molecule has 1 aliphatic heterocycles. The Morgan fingerprint density at radius 2 is 1.93 bits per heavy atom. The maximum absolute atomic E-state index is 13.0. The number of fused-ring (bicyclic) bond motifs is 1. The maximum Gasteiger partial charge on any atom is 0.258 e. The Morgan fingerprint density at radius 3 is 2.72 bits per heavy atom. The third-order valence-electron chi connectivity index (χ3n) is 5.60. The summed E-state index contributed by atoms with van der Waals surface area (Å²) in [5, 5.41) is 5.07. The fourth-order valence-electron chi connectivity index (χ4n) is 3.88. The number of methoxy groups -OCH3 is 1. The van der Waals surface area contributed by atoms with Gasteiger partial charge in [0, 0.05) is 11.6 Å². The van der Waals surface area contributed by atoms with E-state index in [2.05, 4.69) is 5.32 Å². The first-order valence-corrected chi connectivity index (χ1v) is 10.3. The molecule has 2 aromatic carbocycles. The van der Waals surface area contributed by atoms with E-state index >= 15 is 0 Å². The van der Waals surface area contributed by atoms with Crippen LogP contribution in [0.5, 0.6) is 11.5 Å². The Balaban J connectivity index is 1.59. The Hall–Kier alpha value is -2.79. The number of hydrogen-bond donors (Lipinski definition) is 1. The molecule has 1 aromatic heterocycles. The van der Waals surface area contributed by atoms with Gasteiger partial charge in [-0.05, 0) is 86.1 Å². The fourth-order valence-corrected chi connectivity index (χ4v) is 3.88. The molecule has 0 saturated carbocycles. The van der Waals surface area contributed by atoms with Crippen LogP contribution in [0.25, 0.3) is 10.8 Å². The zero-order valence-corrected chi connectivity index (χ0v) is 17.1. The van der Waals surface area contributed by atoms with Crippen LogP contribution in [0.2, 0.25) is 0 Å². The van der Waals surface area contributed by atoms with Crippen molar-refractivity contribution in [1.29, 1.82) is 0 Å². The summed E-state index contributed by atoms with van der Waals surface area (Å²) in [5.41, 5.74) is 2.09. The van der Waals surface area contributed by atoms with Crippen molar-refractivity contribution >= 4 is 10.8 Å². The summed E-state index contributed by atoms with van der Waals surface area (Å²) in [4.78, 5) is 13.0.